The predicted molar refractivity (Wildman–Crippen MR) is 81.6 cm³/mol. The number of rotatable bonds is 4. The van der Waals surface area contributed by atoms with E-state index in [0.717, 1.165) is 36.6 Å². The molecule has 4 heteroatoms. The second-order valence-electron chi connectivity index (χ2n) is 5.78. The van der Waals surface area contributed by atoms with E-state index in [9.17, 15) is 0 Å². The molecule has 0 aliphatic carbocycles. The van der Waals surface area contributed by atoms with Gasteiger partial charge < -0.3 is 15.2 Å². The lowest BCUT2D eigenvalue weighted by molar-refractivity contribution is 0.294. The lowest BCUT2D eigenvalue weighted by atomic mass is 9.93. The third kappa shape index (κ3) is 2.50. The van der Waals surface area contributed by atoms with Gasteiger partial charge in [0.05, 0.1) is 14.2 Å². The number of aryl methyl sites for hydroxylation is 2. The quantitative estimate of drug-likeness (QED) is 0.918. The van der Waals surface area contributed by atoms with E-state index < -0.39 is 0 Å². The lowest BCUT2D eigenvalue weighted by Crippen LogP contribution is -2.21. The molecule has 4 nitrogen and oxygen atoms in total. The summed E-state index contributed by atoms with van der Waals surface area (Å²) in [6, 6.07) is 2.54. The molecule has 0 amide bonds. The molecule has 2 unspecified atom stereocenters. The van der Waals surface area contributed by atoms with Gasteiger partial charge in [-0.25, -0.2) is 0 Å². The van der Waals surface area contributed by atoms with Crippen molar-refractivity contribution < 1.29 is 9.47 Å². The number of methoxy groups -OCH3 is 2. The third-order valence-corrected chi connectivity index (χ3v) is 4.38. The number of nitrogens with zero attached hydrogens (tertiary/aromatic N) is 1. The van der Waals surface area contributed by atoms with Gasteiger partial charge in [-0.1, -0.05) is 6.07 Å². The van der Waals surface area contributed by atoms with E-state index in [0.29, 0.717) is 12.0 Å². The Balaban J connectivity index is 2.50. The van der Waals surface area contributed by atoms with Crippen LogP contribution in [0.25, 0.3) is 0 Å². The topological polar surface area (TPSA) is 47.7 Å². The highest BCUT2D eigenvalue weighted by Gasteiger charge is 2.34. The molecule has 1 heterocycles. The monoisotopic (exact) mass is 278 g/mol. The Morgan fingerprint density at radius 2 is 1.85 bits per heavy atom. The number of ether oxygens (including phenoxy) is 2. The molecule has 1 aromatic rings. The zero-order chi connectivity index (χ0) is 14.9. The zero-order valence-corrected chi connectivity index (χ0v) is 13.2. The number of hydrogen-bond donors (Lipinski definition) is 1. The molecule has 0 aromatic heterocycles. The van der Waals surface area contributed by atoms with Gasteiger partial charge in [0.25, 0.3) is 0 Å². The van der Waals surface area contributed by atoms with Crippen LogP contribution in [0.1, 0.15) is 29.2 Å². The molecule has 1 fully saturated rings. The minimum absolute atomic E-state index is 0.355. The van der Waals surface area contributed by atoms with Gasteiger partial charge in [0.15, 0.2) is 11.5 Å². The van der Waals surface area contributed by atoms with Gasteiger partial charge in [0, 0.05) is 18.2 Å². The van der Waals surface area contributed by atoms with Crippen LogP contribution in [-0.2, 0) is 0 Å². The van der Waals surface area contributed by atoms with Crippen LogP contribution in [-0.4, -0.2) is 39.3 Å². The largest absolute Gasteiger partial charge is 0.493 e. The van der Waals surface area contributed by atoms with Gasteiger partial charge in [-0.3, -0.25) is 4.90 Å². The summed E-state index contributed by atoms with van der Waals surface area (Å²) in [5, 5.41) is 0. The summed E-state index contributed by atoms with van der Waals surface area (Å²) in [5.41, 5.74) is 9.46. The van der Waals surface area contributed by atoms with Gasteiger partial charge >= 0.3 is 0 Å². The molecule has 0 saturated carbocycles. The van der Waals surface area contributed by atoms with Crippen LogP contribution >= 0.6 is 0 Å². The molecular weight excluding hydrogens is 252 g/mol. The maximum atomic E-state index is 5.84. The summed E-state index contributed by atoms with van der Waals surface area (Å²) < 4.78 is 11.2. The first-order chi connectivity index (χ1) is 9.53. The molecule has 1 saturated heterocycles. The van der Waals surface area contributed by atoms with E-state index in [-0.39, 0.29) is 0 Å². The highest BCUT2D eigenvalue weighted by molar-refractivity contribution is 5.56. The highest BCUT2D eigenvalue weighted by atomic mass is 16.5. The van der Waals surface area contributed by atoms with Crippen molar-refractivity contribution in [2.24, 2.45) is 11.7 Å². The maximum absolute atomic E-state index is 5.84. The van der Waals surface area contributed by atoms with Crippen LogP contribution in [0, 0.1) is 19.8 Å². The average molecular weight is 278 g/mol. The molecule has 112 valence electrons. The van der Waals surface area contributed by atoms with E-state index in [4.69, 9.17) is 15.2 Å². The van der Waals surface area contributed by atoms with Gasteiger partial charge in [0.2, 0.25) is 0 Å². The molecule has 0 radical (unpaired) electrons. The zero-order valence-electron chi connectivity index (χ0n) is 13.2. The fourth-order valence-corrected chi connectivity index (χ4v) is 3.43. The molecule has 1 aromatic carbocycles. The highest BCUT2D eigenvalue weighted by Crippen LogP contribution is 2.45. The van der Waals surface area contributed by atoms with E-state index in [1.165, 1.54) is 11.1 Å². The molecule has 1 aliphatic rings. The first-order valence-corrected chi connectivity index (χ1v) is 7.15. The minimum Gasteiger partial charge on any atom is -0.493 e. The average Bonchev–Trinajstić information content (AvgIpc) is 2.79. The van der Waals surface area contributed by atoms with Crippen molar-refractivity contribution in [2.75, 3.05) is 34.4 Å². The molecule has 20 heavy (non-hydrogen) atoms. The van der Waals surface area contributed by atoms with Crippen molar-refractivity contribution in [1.82, 2.24) is 4.90 Å². The lowest BCUT2D eigenvalue weighted by Gasteiger charge is -2.26. The summed E-state index contributed by atoms with van der Waals surface area (Å²) in [6.07, 6.45) is 1.08. The Labute approximate surface area is 121 Å². The smallest absolute Gasteiger partial charge is 0.166 e. The predicted octanol–water partition coefficient (Wildman–Crippen LogP) is 2.27. The van der Waals surface area contributed by atoms with E-state index in [1.807, 2.05) is 0 Å². The number of nitrogens with two attached hydrogens (primary N) is 1. The van der Waals surface area contributed by atoms with Crippen molar-refractivity contribution >= 4 is 0 Å². The summed E-state index contributed by atoms with van der Waals surface area (Å²) in [5.74, 6) is 2.28. The van der Waals surface area contributed by atoms with E-state index in [2.05, 4.69) is 31.9 Å². The fourth-order valence-electron chi connectivity index (χ4n) is 3.43. The molecule has 2 rings (SSSR count). The van der Waals surface area contributed by atoms with Crippen molar-refractivity contribution in [3.05, 3.63) is 22.8 Å². The first-order valence-electron chi connectivity index (χ1n) is 7.15. The second-order valence-corrected chi connectivity index (χ2v) is 5.78. The Kier molecular flexibility index (Phi) is 4.55. The summed E-state index contributed by atoms with van der Waals surface area (Å²) in [6.45, 7) is 5.98. The second kappa shape index (κ2) is 6.02. The van der Waals surface area contributed by atoms with Gasteiger partial charge in [-0.2, -0.15) is 0 Å². The van der Waals surface area contributed by atoms with Gasteiger partial charge in [-0.15, -0.1) is 0 Å². The fraction of sp³-hybridized carbons (Fsp3) is 0.625. The Morgan fingerprint density at radius 3 is 2.35 bits per heavy atom. The minimum atomic E-state index is 0.355. The standard InChI is InChI=1S/C16H26N2O2/c1-10-6-11(2)15(19-4)16(20-5)14(10)13-7-12(8-17)9-18(13)3/h6,12-13H,7-9,17H2,1-5H3. The summed E-state index contributed by atoms with van der Waals surface area (Å²) in [4.78, 5) is 2.37. The molecule has 0 spiro atoms. The Morgan fingerprint density at radius 1 is 1.20 bits per heavy atom. The van der Waals surface area contributed by atoms with E-state index >= 15 is 0 Å². The number of hydrogen-bond acceptors (Lipinski definition) is 4. The molecular formula is C16H26N2O2. The van der Waals surface area contributed by atoms with Crippen LogP contribution in [0.2, 0.25) is 0 Å². The van der Waals surface area contributed by atoms with Crippen LogP contribution < -0.4 is 15.2 Å². The van der Waals surface area contributed by atoms with Crippen molar-refractivity contribution in [3.8, 4) is 11.5 Å². The Hall–Kier alpha value is -1.26. The molecule has 2 N–H and O–H groups in total. The van der Waals surface area contributed by atoms with Crippen LogP contribution in [0.5, 0.6) is 11.5 Å². The normalized spacial score (nSPS) is 23.1. The number of benzene rings is 1. The number of likely N-dealkylation sites (tertiary alicyclic amines) is 1. The maximum Gasteiger partial charge on any atom is 0.166 e. The van der Waals surface area contributed by atoms with Crippen molar-refractivity contribution in [2.45, 2.75) is 26.3 Å². The summed E-state index contributed by atoms with van der Waals surface area (Å²) in [7, 11) is 5.58. The van der Waals surface area contributed by atoms with Gasteiger partial charge in [-0.05, 0) is 50.9 Å². The Bertz CT molecular complexity index is 488. The summed E-state index contributed by atoms with van der Waals surface area (Å²) >= 11 is 0. The first kappa shape index (κ1) is 15.1. The van der Waals surface area contributed by atoms with Crippen LogP contribution in [0.3, 0.4) is 0 Å². The van der Waals surface area contributed by atoms with Crippen molar-refractivity contribution in [1.29, 1.82) is 0 Å². The molecule has 1 aliphatic heterocycles. The van der Waals surface area contributed by atoms with Gasteiger partial charge in [0.1, 0.15) is 0 Å². The van der Waals surface area contributed by atoms with Crippen LogP contribution in [0.4, 0.5) is 0 Å². The van der Waals surface area contributed by atoms with Crippen LogP contribution in [0.15, 0.2) is 6.07 Å². The van der Waals surface area contributed by atoms with E-state index in [1.54, 1.807) is 14.2 Å². The SMILES string of the molecule is COc1c(C)cc(C)c(C2CC(CN)CN2C)c1OC. The third-order valence-electron chi connectivity index (χ3n) is 4.38. The van der Waals surface area contributed by atoms with Crippen molar-refractivity contribution in [3.63, 3.8) is 0 Å². The molecule has 0 bridgehead atoms. The molecule has 2 atom stereocenters.